The maximum atomic E-state index is 11.9. The van der Waals surface area contributed by atoms with Crippen molar-refractivity contribution in [2.75, 3.05) is 7.11 Å². The summed E-state index contributed by atoms with van der Waals surface area (Å²) in [5.74, 6) is -0.718. The van der Waals surface area contributed by atoms with Gasteiger partial charge >= 0.3 is 0 Å². The molecule has 2 rings (SSSR count). The minimum Gasteiger partial charge on any atom is -0.375 e. The van der Waals surface area contributed by atoms with Crippen LogP contribution in [0, 0.1) is 16.7 Å². The smallest absolute Gasteiger partial charge is 0.184 e. The summed E-state index contributed by atoms with van der Waals surface area (Å²) in [4.78, 5) is 23.5. The molecule has 0 saturated carbocycles. The van der Waals surface area contributed by atoms with Crippen molar-refractivity contribution in [2.24, 2.45) is 5.41 Å². The number of hydrogen-bond acceptors (Lipinski definition) is 4. The van der Waals surface area contributed by atoms with Gasteiger partial charge in [0.05, 0.1) is 6.07 Å². The largest absolute Gasteiger partial charge is 0.375 e. The minimum atomic E-state index is -1.50. The Kier molecular flexibility index (Phi) is 2.33. The Morgan fingerprint density at radius 2 is 2.19 bits per heavy atom. The monoisotopic (exact) mass is 215 g/mol. The fourth-order valence-corrected chi connectivity index (χ4v) is 2.04. The SMILES string of the molecule is CO[C@H]1C=CC=C2C(=O)C=CC(=O)[C@]21C#N. The van der Waals surface area contributed by atoms with Gasteiger partial charge in [-0.05, 0) is 12.2 Å². The van der Waals surface area contributed by atoms with Crippen LogP contribution in [0.1, 0.15) is 0 Å². The molecule has 0 aromatic rings. The zero-order valence-corrected chi connectivity index (χ0v) is 8.64. The number of nitriles is 1. The van der Waals surface area contributed by atoms with Gasteiger partial charge in [-0.1, -0.05) is 18.2 Å². The summed E-state index contributed by atoms with van der Waals surface area (Å²) < 4.78 is 5.12. The molecule has 0 heterocycles. The molecule has 4 heteroatoms. The predicted molar refractivity (Wildman–Crippen MR) is 55.2 cm³/mol. The molecular formula is C12H9NO3. The van der Waals surface area contributed by atoms with E-state index in [4.69, 9.17) is 4.74 Å². The zero-order chi connectivity index (χ0) is 11.8. The highest BCUT2D eigenvalue weighted by atomic mass is 16.5. The standard InChI is InChI=1S/C12H9NO3/c1-16-11-4-2-3-8-9(14)5-6-10(15)12(8,11)7-13/h2-6,11H,1H3/t11-,12-/m0/s1. The number of nitrogens with zero attached hydrogens (tertiary/aromatic N) is 1. The van der Waals surface area contributed by atoms with Crippen molar-refractivity contribution in [3.05, 3.63) is 36.0 Å². The molecule has 0 spiro atoms. The third-order valence-corrected chi connectivity index (χ3v) is 2.87. The first-order valence-corrected chi connectivity index (χ1v) is 4.76. The lowest BCUT2D eigenvalue weighted by molar-refractivity contribution is -0.127. The van der Waals surface area contributed by atoms with Gasteiger partial charge in [-0.3, -0.25) is 9.59 Å². The highest BCUT2D eigenvalue weighted by Crippen LogP contribution is 2.40. The molecule has 80 valence electrons. The average molecular weight is 215 g/mol. The summed E-state index contributed by atoms with van der Waals surface area (Å²) in [7, 11) is 1.41. The first kappa shape index (κ1) is 10.5. The molecule has 0 saturated heterocycles. The highest BCUT2D eigenvalue weighted by molar-refractivity contribution is 6.20. The van der Waals surface area contributed by atoms with Crippen molar-refractivity contribution in [2.45, 2.75) is 6.10 Å². The van der Waals surface area contributed by atoms with Gasteiger partial charge < -0.3 is 4.74 Å². The molecule has 0 unspecified atom stereocenters. The topological polar surface area (TPSA) is 67.2 Å². The van der Waals surface area contributed by atoms with E-state index in [9.17, 15) is 14.9 Å². The first-order chi connectivity index (χ1) is 7.66. The van der Waals surface area contributed by atoms with Crippen molar-refractivity contribution < 1.29 is 14.3 Å². The molecule has 2 aliphatic carbocycles. The second kappa shape index (κ2) is 3.54. The van der Waals surface area contributed by atoms with E-state index in [1.54, 1.807) is 12.2 Å². The van der Waals surface area contributed by atoms with Crippen molar-refractivity contribution in [1.82, 2.24) is 0 Å². The number of allylic oxidation sites excluding steroid dienone is 4. The van der Waals surface area contributed by atoms with Crippen LogP contribution in [0.15, 0.2) is 36.0 Å². The van der Waals surface area contributed by atoms with Gasteiger partial charge in [0.25, 0.3) is 0 Å². The summed E-state index contributed by atoms with van der Waals surface area (Å²) >= 11 is 0. The number of ketones is 2. The van der Waals surface area contributed by atoms with Crippen molar-refractivity contribution in [1.29, 1.82) is 5.26 Å². The summed E-state index contributed by atoms with van der Waals surface area (Å²) in [6.45, 7) is 0. The molecule has 0 bridgehead atoms. The van der Waals surface area contributed by atoms with Crippen LogP contribution in [0.2, 0.25) is 0 Å². The second-order valence-electron chi connectivity index (χ2n) is 3.60. The lowest BCUT2D eigenvalue weighted by Gasteiger charge is -2.34. The number of carbonyl (C=O) groups excluding carboxylic acids is 2. The van der Waals surface area contributed by atoms with Gasteiger partial charge in [-0.2, -0.15) is 5.26 Å². The van der Waals surface area contributed by atoms with Gasteiger partial charge in [0, 0.05) is 12.7 Å². The summed E-state index contributed by atoms with van der Waals surface area (Å²) in [5, 5.41) is 9.25. The molecule has 4 nitrogen and oxygen atoms in total. The number of methoxy groups -OCH3 is 1. The number of fused-ring (bicyclic) bond motifs is 1. The molecule has 0 aliphatic heterocycles. The van der Waals surface area contributed by atoms with Gasteiger partial charge in [-0.15, -0.1) is 0 Å². The van der Waals surface area contributed by atoms with Gasteiger partial charge in [0.1, 0.15) is 6.10 Å². The second-order valence-corrected chi connectivity index (χ2v) is 3.60. The van der Waals surface area contributed by atoms with Crippen molar-refractivity contribution in [3.8, 4) is 6.07 Å². The maximum Gasteiger partial charge on any atom is 0.184 e. The number of ether oxygens (including phenoxy) is 1. The first-order valence-electron chi connectivity index (χ1n) is 4.76. The Labute approximate surface area is 92.5 Å². The molecule has 0 fully saturated rings. The Bertz CT molecular complexity index is 493. The highest BCUT2D eigenvalue weighted by Gasteiger charge is 2.52. The van der Waals surface area contributed by atoms with Crippen molar-refractivity contribution in [3.63, 3.8) is 0 Å². The summed E-state index contributed by atoms with van der Waals surface area (Å²) in [6, 6.07) is 1.93. The number of carbonyl (C=O) groups is 2. The fraction of sp³-hybridized carbons (Fsp3) is 0.250. The number of rotatable bonds is 1. The predicted octanol–water partition coefficient (Wildman–Crippen LogP) is 0.716. The molecule has 16 heavy (non-hydrogen) atoms. The zero-order valence-electron chi connectivity index (χ0n) is 8.64. The molecule has 0 amide bonds. The molecule has 2 aliphatic rings. The van der Waals surface area contributed by atoms with E-state index in [1.165, 1.54) is 19.3 Å². The quantitative estimate of drug-likeness (QED) is 0.646. The van der Waals surface area contributed by atoms with E-state index in [2.05, 4.69) is 0 Å². The van der Waals surface area contributed by atoms with Crippen LogP contribution in [0.25, 0.3) is 0 Å². The summed E-state index contributed by atoms with van der Waals surface area (Å²) in [6.07, 6.45) is 6.37. The molecule has 0 radical (unpaired) electrons. The lowest BCUT2D eigenvalue weighted by atomic mass is 9.66. The van der Waals surface area contributed by atoms with E-state index < -0.39 is 17.3 Å². The Hall–Kier alpha value is -1.99. The summed E-state index contributed by atoms with van der Waals surface area (Å²) in [5.41, 5.74) is -1.31. The Morgan fingerprint density at radius 1 is 1.44 bits per heavy atom. The Balaban J connectivity index is 2.68. The third-order valence-electron chi connectivity index (χ3n) is 2.87. The van der Waals surface area contributed by atoms with Crippen LogP contribution < -0.4 is 0 Å². The molecule has 0 aromatic heterocycles. The molecule has 0 N–H and O–H groups in total. The van der Waals surface area contributed by atoms with Crippen LogP contribution in [-0.2, 0) is 14.3 Å². The van der Waals surface area contributed by atoms with Crippen LogP contribution in [0.5, 0.6) is 0 Å². The van der Waals surface area contributed by atoms with Crippen LogP contribution in [-0.4, -0.2) is 24.8 Å². The van der Waals surface area contributed by atoms with E-state index >= 15 is 0 Å². The third kappa shape index (κ3) is 1.12. The Morgan fingerprint density at radius 3 is 2.81 bits per heavy atom. The van der Waals surface area contributed by atoms with Crippen LogP contribution >= 0.6 is 0 Å². The van der Waals surface area contributed by atoms with E-state index in [1.807, 2.05) is 6.07 Å². The molecular weight excluding hydrogens is 206 g/mol. The van der Waals surface area contributed by atoms with Gasteiger partial charge in [0.2, 0.25) is 0 Å². The van der Waals surface area contributed by atoms with E-state index in [-0.39, 0.29) is 11.4 Å². The van der Waals surface area contributed by atoms with Crippen LogP contribution in [0.3, 0.4) is 0 Å². The van der Waals surface area contributed by atoms with E-state index in [0.717, 1.165) is 6.08 Å². The van der Waals surface area contributed by atoms with Gasteiger partial charge in [0.15, 0.2) is 17.0 Å². The fourth-order valence-electron chi connectivity index (χ4n) is 2.04. The lowest BCUT2D eigenvalue weighted by Crippen LogP contribution is -2.47. The molecule has 2 atom stereocenters. The number of hydrogen-bond donors (Lipinski definition) is 0. The minimum absolute atomic E-state index is 0.192. The normalized spacial score (nSPS) is 32.0. The maximum absolute atomic E-state index is 11.9. The molecule has 0 aromatic carbocycles. The average Bonchev–Trinajstić information content (AvgIpc) is 2.33. The van der Waals surface area contributed by atoms with Crippen LogP contribution in [0.4, 0.5) is 0 Å². The van der Waals surface area contributed by atoms with Gasteiger partial charge in [-0.25, -0.2) is 0 Å². The van der Waals surface area contributed by atoms with E-state index in [0.29, 0.717) is 0 Å². The van der Waals surface area contributed by atoms with Crippen molar-refractivity contribution >= 4 is 11.6 Å².